The van der Waals surface area contributed by atoms with Crippen molar-refractivity contribution in [1.82, 2.24) is 0 Å². The van der Waals surface area contributed by atoms with Crippen molar-refractivity contribution in [2.45, 2.75) is 25.4 Å². The molecule has 1 aromatic carbocycles. The molecule has 0 atom stereocenters. The van der Waals surface area contributed by atoms with Gasteiger partial charge in [-0.3, -0.25) is 0 Å². The predicted molar refractivity (Wildman–Crippen MR) is 56.0 cm³/mol. The predicted octanol–water partition coefficient (Wildman–Crippen LogP) is 2.40. The summed E-state index contributed by atoms with van der Waals surface area (Å²) in [6.07, 6.45) is 3.80. The third-order valence-electron chi connectivity index (χ3n) is 2.61. The van der Waals surface area contributed by atoms with Gasteiger partial charge in [0.25, 0.3) is 0 Å². The maximum atomic E-state index is 11.3. The summed E-state index contributed by atoms with van der Waals surface area (Å²) < 4.78 is 10.3. The Kier molecular flexibility index (Phi) is 2.90. The van der Waals surface area contributed by atoms with Gasteiger partial charge in [0.15, 0.2) is 0 Å². The van der Waals surface area contributed by atoms with E-state index in [1.165, 1.54) is 13.5 Å². The zero-order chi connectivity index (χ0) is 10.7. The average Bonchev–Trinajstić information content (AvgIpc) is 2.23. The molecule has 3 nitrogen and oxygen atoms in total. The van der Waals surface area contributed by atoms with Crippen LogP contribution >= 0.6 is 0 Å². The summed E-state index contributed by atoms with van der Waals surface area (Å²) in [6.45, 7) is 0. The molecule has 1 aliphatic rings. The first-order valence-electron chi connectivity index (χ1n) is 5.14. The Labute approximate surface area is 89.0 Å². The fourth-order valence-corrected chi connectivity index (χ4v) is 1.50. The number of carbonyl (C=O) groups excluding carboxylic acids is 1. The molecule has 0 unspecified atom stereocenters. The van der Waals surface area contributed by atoms with Gasteiger partial charge in [0.1, 0.15) is 5.75 Å². The molecule has 1 aromatic rings. The van der Waals surface area contributed by atoms with Crippen molar-refractivity contribution in [2.75, 3.05) is 7.11 Å². The lowest BCUT2D eigenvalue weighted by Gasteiger charge is -2.26. The molecule has 1 saturated carbocycles. The Balaban J connectivity index is 2.07. The van der Waals surface area contributed by atoms with Crippen LogP contribution in [0.5, 0.6) is 5.75 Å². The lowest BCUT2D eigenvalue weighted by molar-refractivity contribution is 0.0599. The van der Waals surface area contributed by atoms with Crippen LogP contribution in [-0.4, -0.2) is 19.2 Å². The first kappa shape index (κ1) is 10.0. The van der Waals surface area contributed by atoms with E-state index in [9.17, 15) is 4.79 Å². The SMILES string of the molecule is COC(=O)c1cccc(OC2CCC2)c1. The standard InChI is InChI=1S/C12H14O3/c1-14-12(13)9-4-2-7-11(8-9)15-10-5-3-6-10/h2,4,7-8,10H,3,5-6H2,1H3. The van der Waals surface area contributed by atoms with E-state index in [-0.39, 0.29) is 5.97 Å². The second kappa shape index (κ2) is 4.34. The van der Waals surface area contributed by atoms with Crippen LogP contribution in [0, 0.1) is 0 Å². The smallest absolute Gasteiger partial charge is 0.337 e. The van der Waals surface area contributed by atoms with Crippen LogP contribution in [-0.2, 0) is 4.74 Å². The maximum absolute atomic E-state index is 11.3. The van der Waals surface area contributed by atoms with Gasteiger partial charge in [-0.2, -0.15) is 0 Å². The molecule has 1 aliphatic carbocycles. The maximum Gasteiger partial charge on any atom is 0.337 e. The summed E-state index contributed by atoms with van der Waals surface area (Å²) in [5.41, 5.74) is 0.536. The van der Waals surface area contributed by atoms with Crippen LogP contribution in [0.15, 0.2) is 24.3 Å². The molecule has 0 aromatic heterocycles. The fraction of sp³-hybridized carbons (Fsp3) is 0.417. The second-order valence-corrected chi connectivity index (χ2v) is 3.69. The van der Waals surface area contributed by atoms with Crippen LogP contribution in [0.25, 0.3) is 0 Å². The highest BCUT2D eigenvalue weighted by atomic mass is 16.5. The number of rotatable bonds is 3. The van der Waals surface area contributed by atoms with E-state index in [0.717, 1.165) is 18.6 Å². The van der Waals surface area contributed by atoms with E-state index < -0.39 is 0 Å². The minimum Gasteiger partial charge on any atom is -0.490 e. The summed E-state index contributed by atoms with van der Waals surface area (Å²) in [6, 6.07) is 7.12. The molecular weight excluding hydrogens is 192 g/mol. The molecule has 0 radical (unpaired) electrons. The Morgan fingerprint density at radius 3 is 2.80 bits per heavy atom. The van der Waals surface area contributed by atoms with Crippen molar-refractivity contribution in [2.24, 2.45) is 0 Å². The molecule has 1 fully saturated rings. The van der Waals surface area contributed by atoms with Crippen LogP contribution in [0.4, 0.5) is 0 Å². The average molecular weight is 206 g/mol. The van der Waals surface area contributed by atoms with Gasteiger partial charge < -0.3 is 9.47 Å². The van der Waals surface area contributed by atoms with E-state index in [0.29, 0.717) is 11.7 Å². The number of carbonyl (C=O) groups is 1. The second-order valence-electron chi connectivity index (χ2n) is 3.69. The van der Waals surface area contributed by atoms with Crippen molar-refractivity contribution in [3.63, 3.8) is 0 Å². The van der Waals surface area contributed by atoms with Gasteiger partial charge >= 0.3 is 5.97 Å². The topological polar surface area (TPSA) is 35.5 Å². The van der Waals surface area contributed by atoms with Gasteiger partial charge in [0.2, 0.25) is 0 Å². The third kappa shape index (κ3) is 2.29. The highest BCUT2D eigenvalue weighted by Gasteiger charge is 2.19. The van der Waals surface area contributed by atoms with Crippen molar-refractivity contribution in [3.05, 3.63) is 29.8 Å². The van der Waals surface area contributed by atoms with Gasteiger partial charge in [-0.25, -0.2) is 4.79 Å². The number of hydrogen-bond donors (Lipinski definition) is 0. The van der Waals surface area contributed by atoms with Gasteiger partial charge in [-0.15, -0.1) is 0 Å². The molecule has 3 heteroatoms. The van der Waals surface area contributed by atoms with E-state index in [1.807, 2.05) is 6.07 Å². The molecule has 2 rings (SSSR count). The quantitative estimate of drug-likeness (QED) is 0.712. The number of esters is 1. The highest BCUT2D eigenvalue weighted by Crippen LogP contribution is 2.25. The van der Waals surface area contributed by atoms with E-state index in [4.69, 9.17) is 4.74 Å². The number of ether oxygens (including phenoxy) is 2. The minimum atomic E-state index is -0.325. The fourth-order valence-electron chi connectivity index (χ4n) is 1.50. The van der Waals surface area contributed by atoms with E-state index in [2.05, 4.69) is 4.74 Å². The summed E-state index contributed by atoms with van der Waals surface area (Å²) in [5, 5.41) is 0. The number of benzene rings is 1. The Hall–Kier alpha value is -1.51. The van der Waals surface area contributed by atoms with E-state index in [1.54, 1.807) is 18.2 Å². The van der Waals surface area contributed by atoms with Gasteiger partial charge in [0.05, 0.1) is 18.8 Å². The summed E-state index contributed by atoms with van der Waals surface area (Å²) in [5.74, 6) is 0.427. The molecule has 0 heterocycles. The van der Waals surface area contributed by atoms with Crippen LogP contribution in [0.3, 0.4) is 0 Å². The van der Waals surface area contributed by atoms with Gasteiger partial charge in [-0.1, -0.05) is 6.07 Å². The molecule has 15 heavy (non-hydrogen) atoms. The lowest BCUT2D eigenvalue weighted by atomic mass is 9.96. The Bertz CT molecular complexity index is 356. The third-order valence-corrected chi connectivity index (χ3v) is 2.61. The monoisotopic (exact) mass is 206 g/mol. The largest absolute Gasteiger partial charge is 0.490 e. The van der Waals surface area contributed by atoms with Crippen molar-refractivity contribution in [3.8, 4) is 5.75 Å². The normalized spacial score (nSPS) is 15.5. The number of hydrogen-bond acceptors (Lipinski definition) is 3. The Morgan fingerprint density at radius 1 is 1.40 bits per heavy atom. The molecule has 0 spiro atoms. The molecule has 0 aliphatic heterocycles. The molecular formula is C12H14O3. The molecule has 0 N–H and O–H groups in total. The molecule has 80 valence electrons. The van der Waals surface area contributed by atoms with E-state index >= 15 is 0 Å². The first-order chi connectivity index (χ1) is 7.29. The van der Waals surface area contributed by atoms with Gasteiger partial charge in [-0.05, 0) is 37.5 Å². The number of methoxy groups -OCH3 is 1. The summed E-state index contributed by atoms with van der Waals surface area (Å²) >= 11 is 0. The molecule has 0 saturated heterocycles. The zero-order valence-corrected chi connectivity index (χ0v) is 8.73. The molecule has 0 amide bonds. The van der Waals surface area contributed by atoms with Crippen molar-refractivity contribution >= 4 is 5.97 Å². The Morgan fingerprint density at radius 2 is 2.20 bits per heavy atom. The summed E-state index contributed by atoms with van der Waals surface area (Å²) in [7, 11) is 1.38. The molecule has 0 bridgehead atoms. The van der Waals surface area contributed by atoms with Crippen molar-refractivity contribution < 1.29 is 14.3 Å². The van der Waals surface area contributed by atoms with Crippen LogP contribution < -0.4 is 4.74 Å². The van der Waals surface area contributed by atoms with Crippen molar-refractivity contribution in [1.29, 1.82) is 0 Å². The van der Waals surface area contributed by atoms with Crippen LogP contribution in [0.2, 0.25) is 0 Å². The zero-order valence-electron chi connectivity index (χ0n) is 8.73. The van der Waals surface area contributed by atoms with Gasteiger partial charge in [0, 0.05) is 0 Å². The highest BCUT2D eigenvalue weighted by molar-refractivity contribution is 5.89. The minimum absolute atomic E-state index is 0.325. The first-order valence-corrected chi connectivity index (χ1v) is 5.14. The summed E-state index contributed by atoms with van der Waals surface area (Å²) in [4.78, 5) is 11.3. The lowest BCUT2D eigenvalue weighted by Crippen LogP contribution is -2.24. The van der Waals surface area contributed by atoms with Crippen LogP contribution in [0.1, 0.15) is 29.6 Å².